The average molecular weight is 212 g/mol. The molecular formula is C8H10BFN2O3. The second-order valence-corrected chi connectivity index (χ2v) is 3.41. The minimum atomic E-state index is -1.75. The number of ether oxygens (including phenoxy) is 1. The molecule has 1 saturated carbocycles. The Labute approximate surface area is 86.1 Å². The lowest BCUT2D eigenvalue weighted by Crippen LogP contribution is -2.35. The van der Waals surface area contributed by atoms with Crippen molar-refractivity contribution in [2.75, 3.05) is 7.11 Å². The number of aromatic nitrogens is 2. The molecule has 1 heterocycles. The van der Waals surface area contributed by atoms with E-state index in [4.69, 9.17) is 14.8 Å². The fourth-order valence-corrected chi connectivity index (χ4v) is 1.54. The summed E-state index contributed by atoms with van der Waals surface area (Å²) in [5, 5.41) is 18.3. The Bertz CT molecular complexity index is 377. The van der Waals surface area contributed by atoms with Gasteiger partial charge in [0, 0.05) is 5.92 Å². The Balaban J connectivity index is 2.44. The summed E-state index contributed by atoms with van der Waals surface area (Å²) in [4.78, 5) is 7.61. The van der Waals surface area contributed by atoms with Crippen molar-refractivity contribution in [1.29, 1.82) is 0 Å². The monoisotopic (exact) mass is 212 g/mol. The van der Waals surface area contributed by atoms with E-state index in [1.54, 1.807) is 0 Å². The number of rotatable bonds is 3. The summed E-state index contributed by atoms with van der Waals surface area (Å²) in [5.41, 5.74) is 0.384. The molecule has 15 heavy (non-hydrogen) atoms. The van der Waals surface area contributed by atoms with Crippen molar-refractivity contribution < 1.29 is 19.2 Å². The lowest BCUT2D eigenvalue weighted by molar-refractivity contribution is 0.388. The van der Waals surface area contributed by atoms with Gasteiger partial charge in [-0.05, 0) is 6.42 Å². The van der Waals surface area contributed by atoms with Gasteiger partial charge in [-0.2, -0.15) is 0 Å². The van der Waals surface area contributed by atoms with Crippen LogP contribution in [-0.2, 0) is 0 Å². The van der Waals surface area contributed by atoms with Gasteiger partial charge in [0.1, 0.15) is 12.5 Å². The number of hydrogen-bond acceptors (Lipinski definition) is 5. The van der Waals surface area contributed by atoms with Gasteiger partial charge in [0.15, 0.2) is 0 Å². The first-order chi connectivity index (χ1) is 7.15. The second-order valence-electron chi connectivity index (χ2n) is 3.41. The Morgan fingerprint density at radius 3 is 2.67 bits per heavy atom. The molecule has 0 bridgehead atoms. The van der Waals surface area contributed by atoms with Gasteiger partial charge in [0.2, 0.25) is 5.88 Å². The van der Waals surface area contributed by atoms with Gasteiger partial charge in [-0.25, -0.2) is 14.4 Å². The quantitative estimate of drug-likeness (QED) is 0.628. The second kappa shape index (κ2) is 3.75. The average Bonchev–Trinajstić information content (AvgIpc) is 2.94. The molecule has 1 aromatic rings. The molecule has 0 saturated heterocycles. The third-order valence-corrected chi connectivity index (χ3v) is 2.39. The Kier molecular flexibility index (Phi) is 2.58. The van der Waals surface area contributed by atoms with Crippen LogP contribution in [0, 0.1) is 0 Å². The van der Waals surface area contributed by atoms with Crippen molar-refractivity contribution in [1.82, 2.24) is 9.97 Å². The standard InChI is InChI=1S/C8H10BFN2O3/c1-15-8-6(9(13)14)7(11-3-12-8)4-2-5(4)10/h3-5,13-14H,2H2,1H3. The topological polar surface area (TPSA) is 75.5 Å². The van der Waals surface area contributed by atoms with Crippen molar-refractivity contribution in [3.63, 3.8) is 0 Å². The summed E-state index contributed by atoms with van der Waals surface area (Å²) >= 11 is 0. The molecule has 5 nitrogen and oxygen atoms in total. The number of hydrogen-bond donors (Lipinski definition) is 2. The smallest absolute Gasteiger partial charge is 0.481 e. The molecule has 1 aromatic heterocycles. The van der Waals surface area contributed by atoms with Crippen molar-refractivity contribution in [3.8, 4) is 5.88 Å². The molecule has 1 aliphatic carbocycles. The van der Waals surface area contributed by atoms with Crippen LogP contribution in [0.1, 0.15) is 18.0 Å². The summed E-state index contributed by atoms with van der Waals surface area (Å²) in [6.07, 6.45) is 0.632. The van der Waals surface area contributed by atoms with Crippen molar-refractivity contribution in [2.45, 2.75) is 18.5 Å². The van der Waals surface area contributed by atoms with E-state index in [-0.39, 0.29) is 17.3 Å². The van der Waals surface area contributed by atoms with Gasteiger partial charge in [-0.15, -0.1) is 0 Å². The van der Waals surface area contributed by atoms with Crippen LogP contribution in [0.15, 0.2) is 6.33 Å². The van der Waals surface area contributed by atoms with Crippen LogP contribution < -0.4 is 10.2 Å². The maximum Gasteiger partial charge on any atom is 0.495 e. The molecular weight excluding hydrogens is 202 g/mol. The SMILES string of the molecule is COc1ncnc(C2CC2F)c1B(O)O. The molecule has 0 aromatic carbocycles. The third kappa shape index (κ3) is 1.80. The molecule has 1 fully saturated rings. The largest absolute Gasteiger partial charge is 0.495 e. The molecule has 0 spiro atoms. The zero-order chi connectivity index (χ0) is 11.0. The summed E-state index contributed by atoms with van der Waals surface area (Å²) in [6.45, 7) is 0. The summed E-state index contributed by atoms with van der Waals surface area (Å²) < 4.78 is 17.7. The first-order valence-corrected chi connectivity index (χ1v) is 4.54. The van der Waals surface area contributed by atoms with Crippen LogP contribution in [-0.4, -0.2) is 40.4 Å². The Morgan fingerprint density at radius 1 is 1.53 bits per heavy atom. The maximum atomic E-state index is 12.9. The van der Waals surface area contributed by atoms with Gasteiger partial charge in [0.05, 0.1) is 18.3 Å². The highest BCUT2D eigenvalue weighted by Crippen LogP contribution is 2.42. The van der Waals surface area contributed by atoms with Crippen molar-refractivity contribution in [2.24, 2.45) is 0 Å². The summed E-state index contributed by atoms with van der Waals surface area (Å²) in [7, 11) is -0.387. The zero-order valence-corrected chi connectivity index (χ0v) is 8.09. The Hall–Kier alpha value is -1.21. The lowest BCUT2D eigenvalue weighted by atomic mass is 9.78. The molecule has 0 amide bonds. The molecule has 2 unspecified atom stereocenters. The molecule has 2 atom stereocenters. The number of alkyl halides is 1. The van der Waals surface area contributed by atoms with E-state index < -0.39 is 13.3 Å². The highest BCUT2D eigenvalue weighted by molar-refractivity contribution is 6.60. The van der Waals surface area contributed by atoms with Crippen molar-refractivity contribution in [3.05, 3.63) is 12.0 Å². The van der Waals surface area contributed by atoms with E-state index in [1.165, 1.54) is 13.4 Å². The fraction of sp³-hybridized carbons (Fsp3) is 0.500. The summed E-state index contributed by atoms with van der Waals surface area (Å²) in [6, 6.07) is 0. The number of nitrogens with zero attached hydrogens (tertiary/aromatic N) is 2. The van der Waals surface area contributed by atoms with Gasteiger partial charge in [-0.1, -0.05) is 0 Å². The van der Waals surface area contributed by atoms with Crippen molar-refractivity contribution >= 4 is 12.6 Å². The van der Waals surface area contributed by atoms with Gasteiger partial charge in [-0.3, -0.25) is 0 Å². The van der Waals surface area contributed by atoms with Crippen LogP contribution in [0.4, 0.5) is 4.39 Å². The van der Waals surface area contributed by atoms with E-state index in [1.807, 2.05) is 0 Å². The predicted molar refractivity (Wildman–Crippen MR) is 50.7 cm³/mol. The highest BCUT2D eigenvalue weighted by Gasteiger charge is 2.43. The first kappa shape index (κ1) is 10.3. The molecule has 0 radical (unpaired) electrons. The van der Waals surface area contributed by atoms with Gasteiger partial charge >= 0.3 is 7.12 Å². The van der Waals surface area contributed by atoms with Gasteiger partial charge in [0.25, 0.3) is 0 Å². The van der Waals surface area contributed by atoms with Crippen LogP contribution in [0.5, 0.6) is 5.88 Å². The molecule has 80 valence electrons. The molecule has 1 aliphatic rings. The fourth-order valence-electron chi connectivity index (χ4n) is 1.54. The highest BCUT2D eigenvalue weighted by atomic mass is 19.1. The van der Waals surface area contributed by atoms with Gasteiger partial charge < -0.3 is 14.8 Å². The number of halogens is 1. The normalized spacial score (nSPS) is 23.7. The zero-order valence-electron chi connectivity index (χ0n) is 8.09. The minimum absolute atomic E-state index is 0.0603. The predicted octanol–water partition coefficient (Wildman–Crippen LogP) is -1.01. The van der Waals surface area contributed by atoms with Crippen LogP contribution in [0.2, 0.25) is 0 Å². The molecule has 2 rings (SSSR count). The van der Waals surface area contributed by atoms with E-state index in [0.717, 1.165) is 0 Å². The Morgan fingerprint density at radius 2 is 2.20 bits per heavy atom. The third-order valence-electron chi connectivity index (χ3n) is 2.39. The molecule has 0 aliphatic heterocycles. The van der Waals surface area contributed by atoms with Crippen LogP contribution in [0.25, 0.3) is 0 Å². The number of methoxy groups -OCH3 is 1. The van der Waals surface area contributed by atoms with Crippen LogP contribution in [0.3, 0.4) is 0 Å². The first-order valence-electron chi connectivity index (χ1n) is 4.54. The molecule has 2 N–H and O–H groups in total. The lowest BCUT2D eigenvalue weighted by Gasteiger charge is -2.09. The summed E-state index contributed by atoms with van der Waals surface area (Å²) in [5.74, 6) is -0.284. The van der Waals surface area contributed by atoms with E-state index in [0.29, 0.717) is 12.1 Å². The minimum Gasteiger partial charge on any atom is -0.481 e. The molecule has 7 heteroatoms. The maximum absolute atomic E-state index is 12.9. The van der Waals surface area contributed by atoms with E-state index >= 15 is 0 Å². The van der Waals surface area contributed by atoms with Crippen LogP contribution >= 0.6 is 0 Å². The van der Waals surface area contributed by atoms with E-state index in [9.17, 15) is 4.39 Å². The van der Waals surface area contributed by atoms with E-state index in [2.05, 4.69) is 9.97 Å².